The standard InChI is InChI=1S/C19H22ClNO2/c1-5-22-18-11-15(10-16(20)19(18)23-6-2)12-21-17-9-13(3)7-8-14(17)4/h7-12H,5-6H2,1-4H3. The van der Waals surface area contributed by atoms with Crippen molar-refractivity contribution in [3.05, 3.63) is 52.0 Å². The molecule has 0 aliphatic carbocycles. The largest absolute Gasteiger partial charge is 0.490 e. The summed E-state index contributed by atoms with van der Waals surface area (Å²) in [5.74, 6) is 1.23. The highest BCUT2D eigenvalue weighted by Gasteiger charge is 2.11. The molecule has 0 saturated carbocycles. The molecule has 4 heteroatoms. The zero-order valence-electron chi connectivity index (χ0n) is 14.0. The van der Waals surface area contributed by atoms with Gasteiger partial charge in [0, 0.05) is 6.21 Å². The van der Waals surface area contributed by atoms with Crippen LogP contribution in [0.1, 0.15) is 30.5 Å². The lowest BCUT2D eigenvalue weighted by atomic mass is 10.1. The van der Waals surface area contributed by atoms with Crippen LogP contribution < -0.4 is 9.47 Å². The van der Waals surface area contributed by atoms with Crippen molar-refractivity contribution in [3.63, 3.8) is 0 Å². The number of nitrogens with zero attached hydrogens (tertiary/aromatic N) is 1. The van der Waals surface area contributed by atoms with Crippen LogP contribution in [0, 0.1) is 13.8 Å². The lowest BCUT2D eigenvalue weighted by Gasteiger charge is -2.13. The molecule has 23 heavy (non-hydrogen) atoms. The van der Waals surface area contributed by atoms with Crippen LogP contribution in [0.15, 0.2) is 35.3 Å². The van der Waals surface area contributed by atoms with E-state index in [0.717, 1.165) is 16.8 Å². The molecule has 3 nitrogen and oxygen atoms in total. The Bertz CT molecular complexity index is 711. The minimum atomic E-state index is 0.528. The van der Waals surface area contributed by atoms with Gasteiger partial charge in [0.25, 0.3) is 0 Å². The van der Waals surface area contributed by atoms with E-state index < -0.39 is 0 Å². The Kier molecular flexibility index (Phi) is 6.05. The number of rotatable bonds is 6. The maximum Gasteiger partial charge on any atom is 0.179 e. The second-order valence-electron chi connectivity index (χ2n) is 5.24. The summed E-state index contributed by atoms with van der Waals surface area (Å²) in [6.45, 7) is 9.04. The molecule has 0 fully saturated rings. The van der Waals surface area contributed by atoms with Gasteiger partial charge in [-0.1, -0.05) is 23.7 Å². The second kappa shape index (κ2) is 8.02. The Morgan fingerprint density at radius 2 is 1.78 bits per heavy atom. The Morgan fingerprint density at radius 1 is 1.04 bits per heavy atom. The fourth-order valence-electron chi connectivity index (χ4n) is 2.21. The maximum atomic E-state index is 6.32. The van der Waals surface area contributed by atoms with Crippen LogP contribution in [0.4, 0.5) is 5.69 Å². The van der Waals surface area contributed by atoms with Gasteiger partial charge in [0.1, 0.15) is 0 Å². The fraction of sp³-hybridized carbons (Fsp3) is 0.316. The average Bonchev–Trinajstić information content (AvgIpc) is 2.52. The average molecular weight is 332 g/mol. The van der Waals surface area contributed by atoms with E-state index in [2.05, 4.69) is 30.1 Å². The van der Waals surface area contributed by atoms with E-state index in [1.165, 1.54) is 5.56 Å². The zero-order valence-corrected chi connectivity index (χ0v) is 14.8. The van der Waals surface area contributed by atoms with E-state index >= 15 is 0 Å². The van der Waals surface area contributed by atoms with Crippen LogP contribution in [0.25, 0.3) is 0 Å². The highest BCUT2D eigenvalue weighted by Crippen LogP contribution is 2.36. The number of benzene rings is 2. The molecule has 0 heterocycles. The van der Waals surface area contributed by atoms with Crippen molar-refractivity contribution < 1.29 is 9.47 Å². The van der Waals surface area contributed by atoms with Crippen molar-refractivity contribution in [2.45, 2.75) is 27.7 Å². The van der Waals surface area contributed by atoms with Crippen LogP contribution >= 0.6 is 11.6 Å². The van der Waals surface area contributed by atoms with Crippen molar-refractivity contribution in [1.29, 1.82) is 0 Å². The van der Waals surface area contributed by atoms with Gasteiger partial charge in [-0.3, -0.25) is 4.99 Å². The highest BCUT2D eigenvalue weighted by molar-refractivity contribution is 6.32. The van der Waals surface area contributed by atoms with Gasteiger partial charge in [0.05, 0.1) is 23.9 Å². The van der Waals surface area contributed by atoms with E-state index in [1.54, 1.807) is 6.21 Å². The summed E-state index contributed by atoms with van der Waals surface area (Å²) in [5, 5.41) is 0.528. The molecular formula is C19H22ClNO2. The predicted molar refractivity (Wildman–Crippen MR) is 97.0 cm³/mol. The topological polar surface area (TPSA) is 30.8 Å². The molecule has 122 valence electrons. The number of aliphatic imine (C=N–C) groups is 1. The molecule has 0 unspecified atom stereocenters. The van der Waals surface area contributed by atoms with Crippen molar-refractivity contribution in [1.82, 2.24) is 0 Å². The van der Waals surface area contributed by atoms with Crippen LogP contribution in [0.3, 0.4) is 0 Å². The van der Waals surface area contributed by atoms with Crippen molar-refractivity contribution in [2.24, 2.45) is 4.99 Å². The summed E-state index contributed by atoms with van der Waals surface area (Å²) in [6.07, 6.45) is 1.80. The van der Waals surface area contributed by atoms with Gasteiger partial charge in [0.15, 0.2) is 11.5 Å². The third-order valence-corrected chi connectivity index (χ3v) is 3.62. The first kappa shape index (κ1) is 17.4. The maximum absolute atomic E-state index is 6.32. The summed E-state index contributed by atoms with van der Waals surface area (Å²) in [4.78, 5) is 4.57. The molecule has 0 aliphatic heterocycles. The minimum Gasteiger partial charge on any atom is -0.490 e. The third-order valence-electron chi connectivity index (χ3n) is 3.34. The van der Waals surface area contributed by atoms with E-state index in [-0.39, 0.29) is 0 Å². The summed E-state index contributed by atoms with van der Waals surface area (Å²) in [6, 6.07) is 9.94. The predicted octanol–water partition coefficient (Wildman–Crippen LogP) is 5.50. The summed E-state index contributed by atoms with van der Waals surface area (Å²) in [5.41, 5.74) is 4.15. The lowest BCUT2D eigenvalue weighted by molar-refractivity contribution is 0.288. The van der Waals surface area contributed by atoms with E-state index in [0.29, 0.717) is 29.7 Å². The number of ether oxygens (including phenoxy) is 2. The minimum absolute atomic E-state index is 0.528. The molecule has 0 atom stereocenters. The first-order valence-corrected chi connectivity index (χ1v) is 8.13. The van der Waals surface area contributed by atoms with Gasteiger partial charge < -0.3 is 9.47 Å². The van der Waals surface area contributed by atoms with Gasteiger partial charge in [0.2, 0.25) is 0 Å². The van der Waals surface area contributed by atoms with E-state index in [4.69, 9.17) is 21.1 Å². The second-order valence-corrected chi connectivity index (χ2v) is 5.65. The molecule has 2 aromatic carbocycles. The first-order valence-electron chi connectivity index (χ1n) is 7.75. The number of halogens is 1. The molecule has 2 rings (SSSR count). The van der Waals surface area contributed by atoms with Gasteiger partial charge in [-0.25, -0.2) is 0 Å². The summed E-state index contributed by atoms with van der Waals surface area (Å²) in [7, 11) is 0. The van der Waals surface area contributed by atoms with Crippen molar-refractivity contribution >= 4 is 23.5 Å². The summed E-state index contributed by atoms with van der Waals surface area (Å²) < 4.78 is 11.2. The van der Waals surface area contributed by atoms with Gasteiger partial charge in [-0.05, 0) is 62.6 Å². The Morgan fingerprint density at radius 3 is 2.48 bits per heavy atom. The molecule has 0 bridgehead atoms. The van der Waals surface area contributed by atoms with Crippen molar-refractivity contribution in [2.75, 3.05) is 13.2 Å². The van der Waals surface area contributed by atoms with Crippen molar-refractivity contribution in [3.8, 4) is 11.5 Å². The third kappa shape index (κ3) is 4.49. The number of hydrogen-bond donors (Lipinski definition) is 0. The quantitative estimate of drug-likeness (QED) is 0.654. The lowest BCUT2D eigenvalue weighted by Crippen LogP contribution is -2.00. The Balaban J connectivity index is 2.36. The Hall–Kier alpha value is -2.00. The van der Waals surface area contributed by atoms with Crippen LogP contribution in [-0.2, 0) is 0 Å². The fourth-order valence-corrected chi connectivity index (χ4v) is 2.49. The molecule has 0 N–H and O–H groups in total. The molecule has 0 aliphatic rings. The van der Waals surface area contributed by atoms with Gasteiger partial charge in [-0.2, -0.15) is 0 Å². The molecule has 0 radical (unpaired) electrons. The first-order chi connectivity index (χ1) is 11.0. The molecule has 0 spiro atoms. The Labute approximate surface area is 142 Å². The van der Waals surface area contributed by atoms with E-state index in [1.807, 2.05) is 32.9 Å². The van der Waals surface area contributed by atoms with Gasteiger partial charge >= 0.3 is 0 Å². The zero-order chi connectivity index (χ0) is 16.8. The molecule has 0 aromatic heterocycles. The number of hydrogen-bond acceptors (Lipinski definition) is 3. The molecule has 2 aromatic rings. The molecule has 0 saturated heterocycles. The van der Waals surface area contributed by atoms with Crippen LogP contribution in [0.5, 0.6) is 11.5 Å². The summed E-state index contributed by atoms with van der Waals surface area (Å²) >= 11 is 6.32. The normalized spacial score (nSPS) is 11.0. The monoisotopic (exact) mass is 331 g/mol. The smallest absolute Gasteiger partial charge is 0.179 e. The van der Waals surface area contributed by atoms with Gasteiger partial charge in [-0.15, -0.1) is 0 Å². The van der Waals surface area contributed by atoms with Crippen LogP contribution in [-0.4, -0.2) is 19.4 Å². The van der Waals surface area contributed by atoms with Crippen LogP contribution in [0.2, 0.25) is 5.02 Å². The molecule has 0 amide bonds. The highest BCUT2D eigenvalue weighted by atomic mass is 35.5. The molecular weight excluding hydrogens is 310 g/mol. The number of aryl methyl sites for hydroxylation is 2. The van der Waals surface area contributed by atoms with E-state index in [9.17, 15) is 0 Å². The SMILES string of the molecule is CCOc1cc(C=Nc2cc(C)ccc2C)cc(Cl)c1OCC.